The summed E-state index contributed by atoms with van der Waals surface area (Å²) in [7, 11) is 0. The van der Waals surface area contributed by atoms with E-state index in [9.17, 15) is 14.4 Å². The maximum atomic E-state index is 11.1. The van der Waals surface area contributed by atoms with Gasteiger partial charge in [-0.2, -0.15) is 12.6 Å². The van der Waals surface area contributed by atoms with Crippen LogP contribution in [-0.2, 0) is 4.79 Å². The lowest BCUT2D eigenvalue weighted by Gasteiger charge is -2.36. The first-order valence-electron chi connectivity index (χ1n) is 8.29. The maximum Gasteiger partial charge on any atom is 0.408 e. The molecule has 25 heavy (non-hydrogen) atoms. The summed E-state index contributed by atoms with van der Waals surface area (Å²) >= 11 is 5.35. The Balaban J connectivity index is 0.000000293. The first-order chi connectivity index (χ1) is 11.4. The predicted octanol–water partition coefficient (Wildman–Crippen LogP) is 3.45. The van der Waals surface area contributed by atoms with Crippen LogP contribution in [0.3, 0.4) is 0 Å². The van der Waals surface area contributed by atoms with E-state index < -0.39 is 12.2 Å². The second-order valence-electron chi connectivity index (χ2n) is 7.32. The van der Waals surface area contributed by atoms with Gasteiger partial charge in [-0.1, -0.05) is 32.5 Å². The van der Waals surface area contributed by atoms with Gasteiger partial charge < -0.3 is 15.1 Å². The molecule has 2 amide bonds. The summed E-state index contributed by atoms with van der Waals surface area (Å²) in [4.78, 5) is 35.4. The summed E-state index contributed by atoms with van der Waals surface area (Å²) in [5, 5.41) is 17.7. The quantitative estimate of drug-likeness (QED) is 0.591. The maximum absolute atomic E-state index is 11.1. The fourth-order valence-corrected chi connectivity index (χ4v) is 5.04. The van der Waals surface area contributed by atoms with Crippen molar-refractivity contribution in [1.29, 1.82) is 0 Å². The average Bonchev–Trinajstić information content (AvgIpc) is 3.04. The normalized spacial score (nSPS) is 26.2. The number of carbonyl (C=O) groups excluding carboxylic acids is 1. The minimum absolute atomic E-state index is 0.0616. The van der Waals surface area contributed by atoms with Crippen LogP contribution in [0, 0.1) is 5.41 Å². The van der Waals surface area contributed by atoms with Crippen molar-refractivity contribution in [3.05, 3.63) is 0 Å². The van der Waals surface area contributed by atoms with Gasteiger partial charge >= 0.3 is 12.2 Å². The van der Waals surface area contributed by atoms with Gasteiger partial charge in [0.2, 0.25) is 0 Å². The molecule has 9 heteroatoms. The predicted molar refractivity (Wildman–Crippen MR) is 101 cm³/mol. The Morgan fingerprint density at radius 3 is 1.92 bits per heavy atom. The van der Waals surface area contributed by atoms with Crippen molar-refractivity contribution in [1.82, 2.24) is 9.80 Å². The van der Waals surface area contributed by atoms with E-state index in [-0.39, 0.29) is 27.2 Å². The lowest BCUT2D eigenvalue weighted by molar-refractivity contribution is -0.109. The highest BCUT2D eigenvalue weighted by molar-refractivity contribution is 8.14. The van der Waals surface area contributed by atoms with Crippen LogP contribution in [0.5, 0.6) is 0 Å². The first kappa shape index (κ1) is 22.0. The molecule has 7 nitrogen and oxygen atoms in total. The Bertz CT molecular complexity index is 509. The molecule has 3 atom stereocenters. The minimum Gasteiger partial charge on any atom is -0.465 e. The molecular weight excluding hydrogens is 364 g/mol. The topological polar surface area (TPSA) is 98.2 Å². The smallest absolute Gasteiger partial charge is 0.408 e. The molecule has 2 unspecified atom stereocenters. The number of carboxylic acid groups (broad SMARTS) is 2. The van der Waals surface area contributed by atoms with Crippen LogP contribution in [0.4, 0.5) is 9.59 Å². The van der Waals surface area contributed by atoms with E-state index in [0.29, 0.717) is 13.1 Å². The monoisotopic (exact) mass is 392 g/mol. The molecule has 0 saturated carbocycles. The van der Waals surface area contributed by atoms with Crippen LogP contribution in [0.2, 0.25) is 0 Å². The molecule has 0 radical (unpaired) electrons. The summed E-state index contributed by atoms with van der Waals surface area (Å²) < 4.78 is 0. The van der Waals surface area contributed by atoms with Crippen molar-refractivity contribution >= 4 is 41.7 Å². The Morgan fingerprint density at radius 1 is 1.04 bits per heavy atom. The fourth-order valence-electron chi connectivity index (χ4n) is 3.31. The number of carbonyl (C=O) groups is 3. The van der Waals surface area contributed by atoms with Crippen LogP contribution in [0.1, 0.15) is 47.0 Å². The molecule has 2 aliphatic rings. The number of hydrogen-bond donors (Lipinski definition) is 3. The van der Waals surface area contributed by atoms with Crippen molar-refractivity contribution in [2.45, 2.75) is 63.6 Å². The van der Waals surface area contributed by atoms with Gasteiger partial charge in [0, 0.05) is 25.3 Å². The number of amides is 2. The summed E-state index contributed by atoms with van der Waals surface area (Å²) in [5.41, 5.74) is -0.137. The second-order valence-corrected chi connectivity index (χ2v) is 9.33. The van der Waals surface area contributed by atoms with Crippen molar-refractivity contribution < 1.29 is 24.6 Å². The first-order valence-corrected chi connectivity index (χ1v) is 9.69. The van der Waals surface area contributed by atoms with E-state index in [2.05, 4.69) is 12.6 Å². The van der Waals surface area contributed by atoms with E-state index in [1.165, 1.54) is 28.5 Å². The van der Waals surface area contributed by atoms with E-state index >= 15 is 0 Å². The van der Waals surface area contributed by atoms with Gasteiger partial charge in [0.15, 0.2) is 5.12 Å². The number of hydrogen-bond acceptors (Lipinski definition) is 5. The molecule has 0 bridgehead atoms. The average molecular weight is 393 g/mol. The molecule has 2 aliphatic heterocycles. The third-order valence-corrected chi connectivity index (χ3v) is 5.92. The molecule has 144 valence electrons. The van der Waals surface area contributed by atoms with Crippen molar-refractivity contribution in [2.24, 2.45) is 5.41 Å². The zero-order valence-corrected chi connectivity index (χ0v) is 16.8. The van der Waals surface area contributed by atoms with Crippen LogP contribution in [-0.4, -0.2) is 67.1 Å². The molecule has 2 rings (SSSR count). The van der Waals surface area contributed by atoms with Crippen molar-refractivity contribution in [3.63, 3.8) is 0 Å². The van der Waals surface area contributed by atoms with Crippen molar-refractivity contribution in [2.75, 3.05) is 13.1 Å². The Hall–Kier alpha value is -1.09. The number of nitrogens with zero attached hydrogens (tertiary/aromatic N) is 2. The summed E-state index contributed by atoms with van der Waals surface area (Å²) in [6.07, 6.45) is 0.855. The standard InChI is InChI=1S/C11H19NO3S.C5H9NO2S/c1-7(13)16-8-5-6-12(10(14)15)9(8)11(2,3)4;7-5(8)6-3-1-2-4(6)9/h8-9H,5-6H2,1-4H3,(H,14,15);4,9H,1-3H2,(H,7,8)/t;4-/m.0/s1. The number of thioether (sulfide) groups is 1. The number of rotatable bonds is 1. The van der Waals surface area contributed by atoms with Gasteiger partial charge in [-0.3, -0.25) is 9.69 Å². The lowest BCUT2D eigenvalue weighted by Crippen LogP contribution is -2.46. The molecule has 0 aromatic rings. The highest BCUT2D eigenvalue weighted by Crippen LogP contribution is 2.39. The van der Waals surface area contributed by atoms with Gasteiger partial charge in [-0.15, -0.1) is 0 Å². The summed E-state index contributed by atoms with van der Waals surface area (Å²) in [6.45, 7) is 8.77. The molecule has 0 aromatic carbocycles. The molecule has 2 saturated heterocycles. The molecular formula is C16H28N2O5S2. The van der Waals surface area contributed by atoms with Gasteiger partial charge in [-0.05, 0) is 24.7 Å². The molecule has 0 spiro atoms. The Kier molecular flexibility index (Phi) is 7.92. The van der Waals surface area contributed by atoms with Crippen LogP contribution in [0.25, 0.3) is 0 Å². The van der Waals surface area contributed by atoms with Crippen LogP contribution < -0.4 is 0 Å². The third kappa shape index (κ3) is 6.29. The fraction of sp³-hybridized carbons (Fsp3) is 0.812. The van der Waals surface area contributed by atoms with Gasteiger partial charge in [0.05, 0.1) is 11.4 Å². The summed E-state index contributed by atoms with van der Waals surface area (Å²) in [5.74, 6) is 0. The van der Waals surface area contributed by atoms with E-state index in [1.807, 2.05) is 20.8 Å². The molecule has 2 fully saturated rings. The Morgan fingerprint density at radius 2 is 1.60 bits per heavy atom. The highest BCUT2D eigenvalue weighted by Gasteiger charge is 2.44. The minimum atomic E-state index is -0.883. The van der Waals surface area contributed by atoms with Crippen LogP contribution in [0.15, 0.2) is 0 Å². The number of likely N-dealkylation sites (tertiary alicyclic amines) is 2. The molecule has 2 heterocycles. The van der Waals surface area contributed by atoms with Crippen molar-refractivity contribution in [3.8, 4) is 0 Å². The molecule has 2 N–H and O–H groups in total. The third-order valence-electron chi connectivity index (χ3n) is 4.26. The zero-order chi connectivity index (χ0) is 19.4. The summed E-state index contributed by atoms with van der Waals surface area (Å²) in [6, 6.07) is -0.0844. The largest absolute Gasteiger partial charge is 0.465 e. The van der Waals surface area contributed by atoms with Crippen LogP contribution >= 0.6 is 24.4 Å². The SMILES string of the molecule is CC(=O)SC1CCN(C(=O)O)C1C(C)(C)C.O=C(O)N1CCC[C@@H]1S. The zero-order valence-electron chi connectivity index (χ0n) is 15.1. The van der Waals surface area contributed by atoms with E-state index in [4.69, 9.17) is 10.2 Å². The molecule has 0 aliphatic carbocycles. The van der Waals surface area contributed by atoms with E-state index in [0.717, 1.165) is 19.3 Å². The van der Waals surface area contributed by atoms with E-state index in [1.54, 1.807) is 0 Å². The highest BCUT2D eigenvalue weighted by atomic mass is 32.2. The second kappa shape index (κ2) is 9.02. The lowest BCUT2D eigenvalue weighted by atomic mass is 9.85. The Labute approximate surface area is 158 Å². The van der Waals surface area contributed by atoms with Gasteiger partial charge in [0.1, 0.15) is 0 Å². The molecule has 0 aromatic heterocycles. The number of thiol groups is 1. The van der Waals surface area contributed by atoms with Gasteiger partial charge in [-0.25, -0.2) is 9.59 Å². The van der Waals surface area contributed by atoms with Gasteiger partial charge in [0.25, 0.3) is 0 Å².